The summed E-state index contributed by atoms with van der Waals surface area (Å²) in [7, 11) is 0. The first-order chi connectivity index (χ1) is 16.6. The number of hydrogen-bond donors (Lipinski definition) is 3. The molecular weight excluding hydrogens is 468 g/mol. The molecule has 0 radical (unpaired) electrons. The van der Waals surface area contributed by atoms with E-state index < -0.39 is 17.6 Å². The van der Waals surface area contributed by atoms with Gasteiger partial charge in [0.05, 0.1) is 16.3 Å². The first-order valence-electron chi connectivity index (χ1n) is 11.1. The van der Waals surface area contributed by atoms with E-state index in [1.807, 2.05) is 36.4 Å². The molecule has 0 aliphatic heterocycles. The number of ether oxygens (including phenoxy) is 1. The van der Waals surface area contributed by atoms with E-state index in [0.717, 1.165) is 22.3 Å². The second-order valence-corrected chi connectivity index (χ2v) is 9.47. The molecule has 3 aromatic rings. The van der Waals surface area contributed by atoms with Gasteiger partial charge in [0, 0.05) is 17.9 Å². The van der Waals surface area contributed by atoms with Crippen molar-refractivity contribution < 1.29 is 24.2 Å². The summed E-state index contributed by atoms with van der Waals surface area (Å²) in [5.74, 6) is -1.56. The second-order valence-electron chi connectivity index (χ2n) is 9.06. The Labute approximate surface area is 208 Å². The minimum atomic E-state index is -1.11. The molecule has 1 aliphatic carbocycles. The van der Waals surface area contributed by atoms with E-state index in [-0.39, 0.29) is 35.4 Å². The predicted molar refractivity (Wildman–Crippen MR) is 134 cm³/mol. The third-order valence-electron chi connectivity index (χ3n) is 5.88. The van der Waals surface area contributed by atoms with Crippen LogP contribution in [0.3, 0.4) is 0 Å². The Morgan fingerprint density at radius 2 is 1.57 bits per heavy atom. The maximum absolute atomic E-state index is 12.6. The van der Waals surface area contributed by atoms with E-state index in [4.69, 9.17) is 21.4 Å². The molecule has 0 atom stereocenters. The molecule has 0 heterocycles. The van der Waals surface area contributed by atoms with Gasteiger partial charge in [-0.05, 0) is 54.3 Å². The zero-order valence-electron chi connectivity index (χ0n) is 19.3. The summed E-state index contributed by atoms with van der Waals surface area (Å²) < 4.78 is 5.57. The lowest BCUT2D eigenvalue weighted by Gasteiger charge is -2.26. The molecule has 1 aliphatic rings. The second kappa shape index (κ2) is 9.80. The summed E-state index contributed by atoms with van der Waals surface area (Å²) in [5, 5.41) is 14.5. The van der Waals surface area contributed by atoms with E-state index in [1.54, 1.807) is 13.8 Å². The Balaban J connectivity index is 1.34. The number of carbonyl (C=O) groups is 3. The molecule has 3 N–H and O–H groups in total. The highest BCUT2D eigenvalue weighted by molar-refractivity contribution is 6.34. The molecule has 8 heteroatoms. The van der Waals surface area contributed by atoms with Crippen LogP contribution in [0.2, 0.25) is 5.02 Å². The molecule has 0 saturated carbocycles. The number of benzene rings is 3. The first kappa shape index (κ1) is 24.3. The van der Waals surface area contributed by atoms with Crippen molar-refractivity contribution in [3.05, 3.63) is 88.4 Å². The van der Waals surface area contributed by atoms with Crippen LogP contribution in [-0.2, 0) is 9.53 Å². The van der Waals surface area contributed by atoms with Crippen molar-refractivity contribution in [1.29, 1.82) is 0 Å². The van der Waals surface area contributed by atoms with E-state index >= 15 is 0 Å². The molecule has 180 valence electrons. The summed E-state index contributed by atoms with van der Waals surface area (Å²) in [6, 6.07) is 20.2. The third-order valence-corrected chi connectivity index (χ3v) is 6.19. The van der Waals surface area contributed by atoms with E-state index in [1.165, 1.54) is 18.2 Å². The number of rotatable bonds is 7. The number of anilines is 1. The lowest BCUT2D eigenvalue weighted by molar-refractivity contribution is -0.117. The topological polar surface area (TPSA) is 105 Å². The van der Waals surface area contributed by atoms with Gasteiger partial charge in [0.1, 0.15) is 6.61 Å². The molecular formula is C27H25ClN2O5. The molecule has 35 heavy (non-hydrogen) atoms. The molecule has 0 aromatic heterocycles. The maximum atomic E-state index is 12.6. The normalized spacial score (nSPS) is 12.4. The summed E-state index contributed by atoms with van der Waals surface area (Å²) in [6.45, 7) is 3.60. The van der Waals surface area contributed by atoms with Crippen molar-refractivity contribution in [2.45, 2.75) is 31.7 Å². The maximum Gasteiger partial charge on any atom is 0.407 e. The molecule has 0 unspecified atom stereocenters. The minimum Gasteiger partial charge on any atom is -0.478 e. The summed E-state index contributed by atoms with van der Waals surface area (Å²) in [5.41, 5.74) is 3.93. The molecule has 0 spiro atoms. The van der Waals surface area contributed by atoms with Crippen molar-refractivity contribution in [3.8, 4) is 11.1 Å². The van der Waals surface area contributed by atoms with E-state index in [9.17, 15) is 14.4 Å². The fourth-order valence-corrected chi connectivity index (χ4v) is 4.53. The number of halogens is 1. The van der Waals surface area contributed by atoms with Crippen molar-refractivity contribution >= 4 is 35.3 Å². The summed E-state index contributed by atoms with van der Waals surface area (Å²) >= 11 is 6.08. The van der Waals surface area contributed by atoms with E-state index in [2.05, 4.69) is 22.8 Å². The van der Waals surface area contributed by atoms with Crippen LogP contribution in [0.15, 0.2) is 66.7 Å². The van der Waals surface area contributed by atoms with Crippen molar-refractivity contribution in [1.82, 2.24) is 5.32 Å². The molecule has 3 aromatic carbocycles. The van der Waals surface area contributed by atoms with Crippen LogP contribution in [0.4, 0.5) is 10.5 Å². The van der Waals surface area contributed by atoms with Crippen molar-refractivity contribution in [3.63, 3.8) is 0 Å². The monoisotopic (exact) mass is 492 g/mol. The largest absolute Gasteiger partial charge is 0.478 e. The molecule has 7 nitrogen and oxygen atoms in total. The van der Waals surface area contributed by atoms with Crippen molar-refractivity contribution in [2.24, 2.45) is 0 Å². The highest BCUT2D eigenvalue weighted by atomic mass is 35.5. The highest BCUT2D eigenvalue weighted by Crippen LogP contribution is 2.44. The number of aromatic carboxylic acids is 1. The van der Waals surface area contributed by atoms with E-state index in [0.29, 0.717) is 5.69 Å². The molecule has 4 rings (SSSR count). The van der Waals surface area contributed by atoms with Gasteiger partial charge in [-0.1, -0.05) is 60.1 Å². The van der Waals surface area contributed by atoms with Gasteiger partial charge in [0.15, 0.2) is 0 Å². The number of carboxylic acids is 1. The number of fused-ring (bicyclic) bond motifs is 3. The Bertz CT molecular complexity index is 1260. The first-order valence-corrected chi connectivity index (χ1v) is 11.5. The van der Waals surface area contributed by atoms with Crippen LogP contribution >= 0.6 is 11.6 Å². The average molecular weight is 493 g/mol. The van der Waals surface area contributed by atoms with Gasteiger partial charge in [-0.25, -0.2) is 9.59 Å². The van der Waals surface area contributed by atoms with Gasteiger partial charge in [-0.2, -0.15) is 0 Å². The van der Waals surface area contributed by atoms with Gasteiger partial charge in [0.25, 0.3) is 0 Å². The highest BCUT2D eigenvalue weighted by Gasteiger charge is 2.30. The predicted octanol–water partition coefficient (Wildman–Crippen LogP) is 5.68. The van der Waals surface area contributed by atoms with Crippen molar-refractivity contribution in [2.75, 3.05) is 11.9 Å². The van der Waals surface area contributed by atoms with Crippen LogP contribution in [-0.4, -0.2) is 35.2 Å². The lowest BCUT2D eigenvalue weighted by atomic mass is 9.98. The van der Waals surface area contributed by atoms with Crippen LogP contribution in [0, 0.1) is 0 Å². The number of nitrogens with one attached hydrogen (secondary N) is 2. The van der Waals surface area contributed by atoms with Gasteiger partial charge in [0.2, 0.25) is 5.91 Å². The molecule has 2 amide bonds. The van der Waals surface area contributed by atoms with Crippen LogP contribution in [0.5, 0.6) is 0 Å². The van der Waals surface area contributed by atoms with Gasteiger partial charge < -0.3 is 20.5 Å². The van der Waals surface area contributed by atoms with Crippen LogP contribution < -0.4 is 10.6 Å². The van der Waals surface area contributed by atoms with Gasteiger partial charge in [-0.3, -0.25) is 4.79 Å². The molecule has 0 bridgehead atoms. The van der Waals surface area contributed by atoms with Gasteiger partial charge >= 0.3 is 12.1 Å². The molecule has 0 fully saturated rings. The smallest absolute Gasteiger partial charge is 0.407 e. The third kappa shape index (κ3) is 5.46. The minimum absolute atomic E-state index is 0.0188. The fraction of sp³-hybridized carbons (Fsp3) is 0.222. The fourth-order valence-electron chi connectivity index (χ4n) is 4.30. The number of carbonyl (C=O) groups excluding carboxylic acids is 2. The SMILES string of the molecule is CC(C)(CC(=O)Nc1ccc(C(=O)O)cc1Cl)NC(=O)OCC1c2ccccc2-c2ccccc21. The summed E-state index contributed by atoms with van der Waals surface area (Å²) in [4.78, 5) is 36.2. The average Bonchev–Trinajstić information content (AvgIpc) is 3.12. The Morgan fingerprint density at radius 1 is 0.971 bits per heavy atom. The van der Waals surface area contributed by atoms with Crippen LogP contribution in [0.1, 0.15) is 47.7 Å². The lowest BCUT2D eigenvalue weighted by Crippen LogP contribution is -2.46. The zero-order valence-corrected chi connectivity index (χ0v) is 20.1. The zero-order chi connectivity index (χ0) is 25.2. The Hall–Kier alpha value is -3.84. The quantitative estimate of drug-likeness (QED) is 0.393. The summed E-state index contributed by atoms with van der Waals surface area (Å²) in [6.07, 6.45) is -0.665. The number of carboxylic acid groups (broad SMARTS) is 1. The number of amides is 2. The number of hydrogen-bond acceptors (Lipinski definition) is 4. The number of alkyl carbamates (subject to hydrolysis) is 1. The Morgan fingerprint density at radius 3 is 2.14 bits per heavy atom. The standard InChI is InChI=1S/C27H25ClN2O5/c1-27(2,14-24(31)29-23-12-11-16(25(32)33)13-22(23)28)30-26(34)35-15-21-19-9-5-3-7-17(19)18-8-4-6-10-20(18)21/h3-13,21H,14-15H2,1-2H3,(H,29,31)(H,30,34)(H,32,33). The molecule has 0 saturated heterocycles. The Kier molecular flexibility index (Phi) is 6.80. The van der Waals surface area contributed by atoms with Gasteiger partial charge in [-0.15, -0.1) is 0 Å². The van der Waals surface area contributed by atoms with Crippen LogP contribution in [0.25, 0.3) is 11.1 Å².